The molecule has 0 unspecified atom stereocenters. The zero-order chi connectivity index (χ0) is 10.7. The smallest absolute Gasteiger partial charge is 0.363 e. The highest BCUT2D eigenvalue weighted by Crippen LogP contribution is 2.14. The largest absolute Gasteiger partial charge is 0.365 e. The van der Waals surface area contributed by atoms with Crippen molar-refractivity contribution in [1.29, 1.82) is 0 Å². The summed E-state index contributed by atoms with van der Waals surface area (Å²) in [6, 6.07) is 1.26. The third-order valence-corrected chi connectivity index (χ3v) is 1.81. The average Bonchev–Trinajstić information content (AvgIpc) is 2.16. The van der Waals surface area contributed by atoms with Crippen LogP contribution in [-0.4, -0.2) is 15.8 Å². The van der Waals surface area contributed by atoms with Crippen molar-refractivity contribution < 1.29 is 9.72 Å². The Morgan fingerprint density at radius 1 is 1.71 bits per heavy atom. The molecule has 0 bridgehead atoms. The lowest BCUT2D eigenvalue weighted by atomic mass is 10.1. The Morgan fingerprint density at radius 3 is 2.79 bits per heavy atom. The van der Waals surface area contributed by atoms with Gasteiger partial charge < -0.3 is 15.8 Å². The fourth-order valence-corrected chi connectivity index (χ4v) is 1.10. The summed E-state index contributed by atoms with van der Waals surface area (Å²) in [6.07, 6.45) is 1.64. The molecule has 1 amide bonds. The van der Waals surface area contributed by atoms with Crippen LogP contribution in [0, 0.1) is 10.1 Å². The molecule has 1 heterocycles. The van der Waals surface area contributed by atoms with Crippen molar-refractivity contribution in [2.75, 3.05) is 0 Å². The number of pyridine rings is 1. The molecule has 74 valence electrons. The summed E-state index contributed by atoms with van der Waals surface area (Å²) in [5, 5.41) is 10.4. The van der Waals surface area contributed by atoms with Crippen LogP contribution >= 0.6 is 0 Å². The molecule has 2 N–H and O–H groups in total. The molecule has 6 heteroatoms. The quantitative estimate of drug-likeness (QED) is 0.565. The average molecular weight is 195 g/mol. The van der Waals surface area contributed by atoms with Gasteiger partial charge in [-0.3, -0.25) is 4.79 Å². The van der Waals surface area contributed by atoms with Crippen LogP contribution in [0.15, 0.2) is 12.3 Å². The Balaban J connectivity index is 3.25. The van der Waals surface area contributed by atoms with Crippen LogP contribution < -0.4 is 5.73 Å². The lowest BCUT2D eigenvalue weighted by molar-refractivity contribution is -0.389. The fourth-order valence-electron chi connectivity index (χ4n) is 1.10. The minimum absolute atomic E-state index is 0.234. The zero-order valence-electron chi connectivity index (χ0n) is 7.56. The van der Waals surface area contributed by atoms with Gasteiger partial charge in [0.1, 0.15) is 0 Å². The van der Waals surface area contributed by atoms with E-state index in [1.165, 1.54) is 6.07 Å². The van der Waals surface area contributed by atoms with E-state index in [2.05, 4.69) is 4.98 Å². The monoisotopic (exact) mass is 195 g/mol. The Hall–Kier alpha value is -1.98. The number of nitrogens with zero attached hydrogens (tertiary/aromatic N) is 2. The highest BCUT2D eigenvalue weighted by Gasteiger charge is 2.14. The predicted octanol–water partition coefficient (Wildman–Crippen LogP) is 0.651. The first-order valence-electron chi connectivity index (χ1n) is 3.99. The first-order valence-corrected chi connectivity index (χ1v) is 3.99. The third kappa shape index (κ3) is 1.85. The van der Waals surface area contributed by atoms with E-state index in [0.717, 1.165) is 6.20 Å². The van der Waals surface area contributed by atoms with Gasteiger partial charge in [-0.15, -0.1) is 0 Å². The number of nitro groups is 1. The molecule has 1 aromatic rings. The van der Waals surface area contributed by atoms with E-state index < -0.39 is 10.8 Å². The molecule has 0 aliphatic rings. The summed E-state index contributed by atoms with van der Waals surface area (Å²) in [5.41, 5.74) is 5.84. The Bertz CT molecular complexity index is 389. The molecule has 0 atom stereocenters. The lowest BCUT2D eigenvalue weighted by Gasteiger charge is -2.00. The first kappa shape index (κ1) is 10.1. The second kappa shape index (κ2) is 3.82. The van der Waals surface area contributed by atoms with Crippen LogP contribution in [0.4, 0.5) is 5.82 Å². The van der Waals surface area contributed by atoms with Gasteiger partial charge in [-0.1, -0.05) is 6.92 Å². The third-order valence-electron chi connectivity index (χ3n) is 1.81. The molecule has 0 spiro atoms. The molecular weight excluding hydrogens is 186 g/mol. The van der Waals surface area contributed by atoms with Crippen LogP contribution in [0.1, 0.15) is 22.8 Å². The fraction of sp³-hybridized carbons (Fsp3) is 0.250. The Kier molecular flexibility index (Phi) is 2.76. The van der Waals surface area contributed by atoms with Crippen LogP contribution in [0.25, 0.3) is 0 Å². The van der Waals surface area contributed by atoms with E-state index in [9.17, 15) is 14.9 Å². The highest BCUT2D eigenvalue weighted by atomic mass is 16.6. The number of aryl methyl sites for hydroxylation is 1. The van der Waals surface area contributed by atoms with Gasteiger partial charge >= 0.3 is 5.82 Å². The van der Waals surface area contributed by atoms with Crippen molar-refractivity contribution in [1.82, 2.24) is 4.98 Å². The normalized spacial score (nSPS) is 9.79. The number of hydrogen-bond donors (Lipinski definition) is 1. The number of rotatable bonds is 3. The summed E-state index contributed by atoms with van der Waals surface area (Å²) < 4.78 is 0. The number of aromatic nitrogens is 1. The number of primary amides is 1. The molecular formula is C8H9N3O3. The van der Waals surface area contributed by atoms with Gasteiger partial charge in [-0.2, -0.15) is 0 Å². The van der Waals surface area contributed by atoms with Gasteiger partial charge in [-0.25, -0.2) is 0 Å². The molecule has 0 fully saturated rings. The van der Waals surface area contributed by atoms with Gasteiger partial charge in [0.15, 0.2) is 6.20 Å². The van der Waals surface area contributed by atoms with E-state index >= 15 is 0 Å². The van der Waals surface area contributed by atoms with Crippen molar-refractivity contribution in [2.24, 2.45) is 5.73 Å². The van der Waals surface area contributed by atoms with Gasteiger partial charge in [0.2, 0.25) is 0 Å². The maximum atomic E-state index is 10.9. The van der Waals surface area contributed by atoms with E-state index in [1.54, 1.807) is 6.92 Å². The molecule has 0 saturated heterocycles. The maximum Gasteiger partial charge on any atom is 0.363 e. The summed E-state index contributed by atoms with van der Waals surface area (Å²) in [4.78, 5) is 24.2. The van der Waals surface area contributed by atoms with Crippen molar-refractivity contribution in [2.45, 2.75) is 13.3 Å². The molecule has 1 rings (SSSR count). The van der Waals surface area contributed by atoms with Gasteiger partial charge in [0, 0.05) is 6.07 Å². The molecule has 0 aliphatic carbocycles. The topological polar surface area (TPSA) is 99.1 Å². The standard InChI is InChI=1S/C8H9N3O3/c1-2-5-3-7(11(13)14)10-4-6(5)8(9)12/h3-4H,2H2,1H3,(H2,9,12). The second-order valence-corrected chi connectivity index (χ2v) is 2.67. The number of carbonyl (C=O) groups excluding carboxylic acids is 1. The minimum atomic E-state index is -0.621. The summed E-state index contributed by atoms with van der Waals surface area (Å²) >= 11 is 0. The molecule has 0 aliphatic heterocycles. The second-order valence-electron chi connectivity index (χ2n) is 2.67. The SMILES string of the molecule is CCc1cc([N+](=O)[O-])ncc1C(N)=O. The zero-order valence-corrected chi connectivity index (χ0v) is 7.56. The van der Waals surface area contributed by atoms with E-state index in [4.69, 9.17) is 5.73 Å². The van der Waals surface area contributed by atoms with Gasteiger partial charge in [-0.05, 0) is 21.9 Å². The number of carbonyl (C=O) groups is 1. The molecule has 14 heavy (non-hydrogen) atoms. The lowest BCUT2D eigenvalue weighted by Crippen LogP contribution is -2.14. The van der Waals surface area contributed by atoms with Crippen molar-refractivity contribution in [3.63, 3.8) is 0 Å². The summed E-state index contributed by atoms with van der Waals surface area (Å²) in [7, 11) is 0. The number of hydrogen-bond acceptors (Lipinski definition) is 4. The summed E-state index contributed by atoms with van der Waals surface area (Å²) in [5.74, 6) is -0.893. The molecule has 6 nitrogen and oxygen atoms in total. The van der Waals surface area contributed by atoms with Gasteiger partial charge in [0.25, 0.3) is 5.91 Å². The molecule has 0 aromatic carbocycles. The van der Waals surface area contributed by atoms with E-state index in [-0.39, 0.29) is 11.4 Å². The Morgan fingerprint density at radius 2 is 2.36 bits per heavy atom. The molecule has 0 radical (unpaired) electrons. The van der Waals surface area contributed by atoms with Crippen molar-refractivity contribution in [3.05, 3.63) is 33.5 Å². The van der Waals surface area contributed by atoms with Crippen LogP contribution in [0.3, 0.4) is 0 Å². The molecule has 1 aromatic heterocycles. The van der Waals surface area contributed by atoms with Crippen LogP contribution in [0.2, 0.25) is 0 Å². The Labute approximate surface area is 79.9 Å². The highest BCUT2D eigenvalue weighted by molar-refractivity contribution is 5.94. The van der Waals surface area contributed by atoms with Crippen molar-refractivity contribution in [3.8, 4) is 0 Å². The number of nitrogens with two attached hydrogens (primary N) is 1. The van der Waals surface area contributed by atoms with Crippen LogP contribution in [0.5, 0.6) is 0 Å². The first-order chi connectivity index (χ1) is 6.56. The molecule has 0 saturated carbocycles. The van der Waals surface area contributed by atoms with Gasteiger partial charge in [0.05, 0.1) is 5.56 Å². The van der Waals surface area contributed by atoms with Crippen molar-refractivity contribution >= 4 is 11.7 Å². The maximum absolute atomic E-state index is 10.9. The number of amides is 1. The summed E-state index contributed by atoms with van der Waals surface area (Å²) in [6.45, 7) is 1.78. The predicted molar refractivity (Wildman–Crippen MR) is 48.8 cm³/mol. The minimum Gasteiger partial charge on any atom is -0.365 e. The van der Waals surface area contributed by atoms with E-state index in [0.29, 0.717) is 12.0 Å². The van der Waals surface area contributed by atoms with Crippen LogP contribution in [-0.2, 0) is 6.42 Å². The van der Waals surface area contributed by atoms with E-state index in [1.807, 2.05) is 0 Å².